The smallest absolute Gasteiger partial charge is 0.460 e. The Morgan fingerprint density at radius 1 is 0.588 bits per heavy atom. The first kappa shape index (κ1) is 61.9. The van der Waals surface area contributed by atoms with E-state index in [2.05, 4.69) is 10.1 Å². The van der Waals surface area contributed by atoms with Gasteiger partial charge in [-0.25, -0.2) is 0 Å². The van der Waals surface area contributed by atoms with Crippen molar-refractivity contribution in [3.63, 3.8) is 0 Å². The second-order valence-corrected chi connectivity index (χ2v) is 15.1. The largest absolute Gasteiger partial charge is 0.480 e. The third-order valence-electron chi connectivity index (χ3n) is 10.1. The summed E-state index contributed by atoms with van der Waals surface area (Å²) in [6.07, 6.45) is -12.6. The molecular weight excluding hydrogens is 991 g/mol. The number of amides is 2. The molecule has 1 heterocycles. The fourth-order valence-corrected chi connectivity index (χ4v) is 6.04. The number of carbonyl (C=O) groups is 5. The average Bonchev–Trinajstić information content (AvgIpc) is 3.20. The van der Waals surface area contributed by atoms with Crippen LogP contribution in [-0.4, -0.2) is 251 Å². The van der Waals surface area contributed by atoms with Crippen molar-refractivity contribution in [3.05, 3.63) is 0 Å². The van der Waals surface area contributed by atoms with Crippen LogP contribution in [-0.2, 0) is 28.7 Å². The standard InChI is InChI=1S/C34H47F17N6O11/c1-20(56-9-7-54(17-24(63)64)5-3-53(16-23(61)62)4-6-55(8-10-56)18-25(65)66)26(67)52-14-22(60)57(15-21(59)19-58)11-13-68-12-2-27(35,36)28(37,38)29(39,40)30(41,42)31(43,44)32(45,46)33(47,48)34(49,50)51/h20-21,58-59H,2-19H2,1H3,(H,52,67)(H,61,62)(H,63,64)(H,65,66). The van der Waals surface area contributed by atoms with Crippen LogP contribution in [0.5, 0.6) is 0 Å². The zero-order valence-corrected chi connectivity index (χ0v) is 35.2. The van der Waals surface area contributed by atoms with Gasteiger partial charge in [-0.05, 0) is 6.92 Å². The predicted molar refractivity (Wildman–Crippen MR) is 192 cm³/mol. The van der Waals surface area contributed by atoms with Crippen LogP contribution in [0.1, 0.15) is 13.3 Å². The Morgan fingerprint density at radius 2 is 0.956 bits per heavy atom. The van der Waals surface area contributed by atoms with Crippen LogP contribution in [0.25, 0.3) is 0 Å². The Morgan fingerprint density at radius 3 is 1.32 bits per heavy atom. The molecule has 2 unspecified atom stereocenters. The molecule has 1 saturated heterocycles. The zero-order valence-electron chi connectivity index (χ0n) is 35.2. The molecule has 0 aromatic rings. The highest BCUT2D eigenvalue weighted by atomic mass is 19.4. The van der Waals surface area contributed by atoms with Crippen LogP contribution >= 0.6 is 0 Å². The zero-order chi connectivity index (χ0) is 53.1. The summed E-state index contributed by atoms with van der Waals surface area (Å²) >= 11 is 0. The second-order valence-electron chi connectivity index (χ2n) is 15.1. The van der Waals surface area contributed by atoms with Crippen LogP contribution < -0.4 is 5.32 Å². The molecule has 6 N–H and O–H groups in total. The molecule has 0 aromatic heterocycles. The SMILES string of the molecule is CC(C(=O)NCC(=O)N(CCOCCC(F)(F)C(F)(F)C(F)(F)C(F)(F)C(F)(F)C(F)(F)C(F)(F)C(F)(F)F)CC(O)CO)N1CCN(CC(=O)O)CCN(CC(=O)O)CCN(CC(=O)O)CC1. The number of carboxylic acid groups (broad SMARTS) is 3. The highest BCUT2D eigenvalue weighted by Crippen LogP contribution is 2.64. The van der Waals surface area contributed by atoms with Gasteiger partial charge in [0, 0.05) is 71.9 Å². The topological polar surface area (TPSA) is 224 Å². The quantitative estimate of drug-likeness (QED) is 0.0565. The third-order valence-corrected chi connectivity index (χ3v) is 10.1. The second kappa shape index (κ2) is 24.1. The molecule has 1 aliphatic heterocycles. The van der Waals surface area contributed by atoms with E-state index < -0.39 is 155 Å². The fraction of sp³-hybridized carbons (Fsp3) is 0.853. The highest BCUT2D eigenvalue weighted by molar-refractivity contribution is 5.87. The van der Waals surface area contributed by atoms with Crippen molar-refractivity contribution in [1.29, 1.82) is 0 Å². The van der Waals surface area contributed by atoms with Crippen molar-refractivity contribution >= 4 is 29.7 Å². The molecule has 0 bridgehead atoms. The first-order chi connectivity index (χ1) is 30.7. The van der Waals surface area contributed by atoms with Gasteiger partial charge in [0.1, 0.15) is 0 Å². The number of alkyl halides is 17. The maximum Gasteiger partial charge on any atom is 0.460 e. The van der Waals surface area contributed by atoms with Gasteiger partial charge in [-0.1, -0.05) is 0 Å². The Bertz CT molecular complexity index is 1670. The number of aliphatic carboxylic acids is 3. The van der Waals surface area contributed by atoms with Crippen LogP contribution in [0, 0.1) is 0 Å². The van der Waals surface area contributed by atoms with Crippen molar-refractivity contribution < 1.29 is 129 Å². The van der Waals surface area contributed by atoms with E-state index in [9.17, 15) is 124 Å². The highest BCUT2D eigenvalue weighted by Gasteiger charge is 2.95. The summed E-state index contributed by atoms with van der Waals surface area (Å²) in [6.45, 7) is -7.32. The lowest BCUT2D eigenvalue weighted by atomic mass is 9.88. The summed E-state index contributed by atoms with van der Waals surface area (Å²) in [6, 6.07) is -1.19. The van der Waals surface area contributed by atoms with Crippen molar-refractivity contribution in [2.45, 2.75) is 73.1 Å². The minimum absolute atomic E-state index is 0.0123. The fourth-order valence-electron chi connectivity index (χ4n) is 6.04. The number of nitrogens with zero attached hydrogens (tertiary/aromatic N) is 5. The Labute approximate surface area is 373 Å². The van der Waals surface area contributed by atoms with E-state index in [-0.39, 0.29) is 52.4 Å². The van der Waals surface area contributed by atoms with Crippen molar-refractivity contribution in [3.8, 4) is 0 Å². The maximum atomic E-state index is 14.3. The van der Waals surface area contributed by atoms with Crippen LogP contribution in [0.15, 0.2) is 0 Å². The molecule has 0 aromatic carbocycles. The van der Waals surface area contributed by atoms with Crippen molar-refractivity contribution in [2.75, 3.05) is 111 Å². The Kier molecular flexibility index (Phi) is 22.0. The summed E-state index contributed by atoms with van der Waals surface area (Å²) in [4.78, 5) is 67.1. The molecule has 2 atom stereocenters. The molecule has 17 nitrogen and oxygen atoms in total. The van der Waals surface area contributed by atoms with E-state index >= 15 is 0 Å². The van der Waals surface area contributed by atoms with Gasteiger partial charge in [0.2, 0.25) is 11.8 Å². The van der Waals surface area contributed by atoms with E-state index in [0.717, 1.165) is 0 Å². The number of rotatable bonds is 25. The van der Waals surface area contributed by atoms with Crippen molar-refractivity contribution in [2.24, 2.45) is 0 Å². The maximum absolute atomic E-state index is 14.3. The number of carbonyl (C=O) groups excluding carboxylic acids is 2. The summed E-state index contributed by atoms with van der Waals surface area (Å²) in [7, 11) is 0. The van der Waals surface area contributed by atoms with Gasteiger partial charge < -0.3 is 40.5 Å². The Balaban J connectivity index is 3.14. The molecule has 1 aliphatic rings. The summed E-state index contributed by atoms with van der Waals surface area (Å²) in [5.74, 6) is -63.5. The number of halogens is 17. The molecule has 0 aliphatic carbocycles. The lowest BCUT2D eigenvalue weighted by Gasteiger charge is -2.42. The molecule has 34 heteroatoms. The number of nitrogens with one attached hydrogen (secondary N) is 1. The lowest BCUT2D eigenvalue weighted by Crippen LogP contribution is -2.74. The number of hydrogen-bond acceptors (Lipinski definition) is 12. The third kappa shape index (κ3) is 15.2. The summed E-state index contributed by atoms with van der Waals surface area (Å²) < 4.78 is 235. The monoisotopic (exact) mass is 1040 g/mol. The van der Waals surface area contributed by atoms with Gasteiger partial charge in [-0.2, -0.15) is 74.6 Å². The van der Waals surface area contributed by atoms with Crippen LogP contribution in [0.4, 0.5) is 74.6 Å². The number of ether oxygens (including phenoxy) is 1. The van der Waals surface area contributed by atoms with Gasteiger partial charge in [-0.15, -0.1) is 0 Å². The van der Waals surface area contributed by atoms with Gasteiger partial charge in [0.25, 0.3) is 0 Å². The number of aliphatic hydroxyl groups excluding tert-OH is 2. The molecule has 1 rings (SSSR count). The first-order valence-corrected chi connectivity index (χ1v) is 19.5. The number of hydrogen-bond donors (Lipinski definition) is 6. The van der Waals surface area contributed by atoms with E-state index in [1.54, 1.807) is 0 Å². The molecule has 2 amide bonds. The van der Waals surface area contributed by atoms with Crippen LogP contribution in [0.2, 0.25) is 0 Å². The van der Waals surface area contributed by atoms with Gasteiger partial charge in [0.05, 0.1) is 58.1 Å². The molecule has 0 saturated carbocycles. The van der Waals surface area contributed by atoms with E-state index in [0.29, 0.717) is 4.90 Å². The van der Waals surface area contributed by atoms with E-state index in [4.69, 9.17) is 0 Å². The first-order valence-electron chi connectivity index (χ1n) is 19.5. The lowest BCUT2D eigenvalue weighted by molar-refractivity contribution is -0.462. The predicted octanol–water partition coefficient (Wildman–Crippen LogP) is 1.56. The van der Waals surface area contributed by atoms with Crippen molar-refractivity contribution in [1.82, 2.24) is 29.8 Å². The molecule has 0 spiro atoms. The summed E-state index contributed by atoms with van der Waals surface area (Å²) in [5, 5.41) is 49.4. The van der Waals surface area contributed by atoms with E-state index in [1.807, 2.05) is 0 Å². The molecule has 1 fully saturated rings. The molecule has 68 heavy (non-hydrogen) atoms. The van der Waals surface area contributed by atoms with Gasteiger partial charge in [0.15, 0.2) is 0 Å². The minimum atomic E-state index is -8.79. The minimum Gasteiger partial charge on any atom is -0.480 e. The number of aliphatic hydroxyl groups is 2. The van der Waals surface area contributed by atoms with Gasteiger partial charge in [-0.3, -0.25) is 43.6 Å². The van der Waals surface area contributed by atoms with E-state index in [1.165, 1.54) is 26.5 Å². The summed E-state index contributed by atoms with van der Waals surface area (Å²) in [5.41, 5.74) is 0. The number of carboxylic acids is 3. The molecule has 0 radical (unpaired) electrons. The molecule has 398 valence electrons. The van der Waals surface area contributed by atoms with Gasteiger partial charge >= 0.3 is 65.5 Å². The molecular formula is C34H47F17N6O11. The average molecular weight is 1040 g/mol. The normalized spacial score (nSPS) is 18.0. The Hall–Kier alpha value is -4.12. The van der Waals surface area contributed by atoms with Crippen LogP contribution in [0.3, 0.4) is 0 Å².